The van der Waals surface area contributed by atoms with Crippen LogP contribution in [0.2, 0.25) is 0 Å². The number of hydrogen-bond acceptors (Lipinski definition) is 4. The maximum absolute atomic E-state index is 13.4. The van der Waals surface area contributed by atoms with E-state index in [1.807, 2.05) is 13.0 Å². The van der Waals surface area contributed by atoms with E-state index < -0.39 is 6.10 Å². The smallest absolute Gasteiger partial charge is 0.317 e. The third-order valence-corrected chi connectivity index (χ3v) is 5.76. The molecule has 3 N–H and O–H groups in total. The number of anilines is 1. The van der Waals surface area contributed by atoms with Gasteiger partial charge in [0.15, 0.2) is 0 Å². The van der Waals surface area contributed by atoms with E-state index >= 15 is 0 Å². The number of carbonyl (C=O) groups is 1. The minimum atomic E-state index is -0.693. The van der Waals surface area contributed by atoms with Crippen molar-refractivity contribution >= 4 is 11.7 Å². The lowest BCUT2D eigenvalue weighted by molar-refractivity contribution is 0.0988. The van der Waals surface area contributed by atoms with Gasteiger partial charge in [-0.25, -0.2) is 9.18 Å². The first-order valence-electron chi connectivity index (χ1n) is 9.27. The lowest BCUT2D eigenvalue weighted by Crippen LogP contribution is -2.54. The van der Waals surface area contributed by atoms with Crippen LogP contribution < -0.4 is 10.6 Å². The van der Waals surface area contributed by atoms with E-state index in [9.17, 15) is 14.3 Å². The van der Waals surface area contributed by atoms with Crippen LogP contribution in [0.4, 0.5) is 14.9 Å². The molecule has 1 atom stereocenters. The Morgan fingerprint density at radius 3 is 2.89 bits per heavy atom. The highest BCUT2D eigenvalue weighted by atomic mass is 19.1. The van der Waals surface area contributed by atoms with Crippen molar-refractivity contribution in [3.05, 3.63) is 53.2 Å². The Labute approximate surface area is 157 Å². The second kappa shape index (κ2) is 6.88. The average Bonchev–Trinajstić information content (AvgIpc) is 3.06. The van der Waals surface area contributed by atoms with Crippen LogP contribution in [0.25, 0.3) is 0 Å². The van der Waals surface area contributed by atoms with E-state index in [4.69, 9.17) is 4.42 Å². The zero-order valence-electron chi connectivity index (χ0n) is 15.3. The fraction of sp³-hybridized carbons (Fsp3) is 0.450. The van der Waals surface area contributed by atoms with Gasteiger partial charge in [0.05, 0.1) is 12.4 Å². The number of furan rings is 1. The number of nitrogens with one attached hydrogen (secondary N) is 2. The van der Waals surface area contributed by atoms with Gasteiger partial charge < -0.3 is 25.1 Å². The van der Waals surface area contributed by atoms with Crippen molar-refractivity contribution in [2.24, 2.45) is 0 Å². The van der Waals surface area contributed by atoms with Crippen LogP contribution >= 0.6 is 0 Å². The molecule has 0 radical (unpaired) electrons. The lowest BCUT2D eigenvalue weighted by atomic mass is 9.77. The molecule has 1 aromatic carbocycles. The number of benzene rings is 1. The number of aliphatic hydroxyl groups excluding tert-OH is 1. The Morgan fingerprint density at radius 1 is 1.41 bits per heavy atom. The second-order valence-corrected chi connectivity index (χ2v) is 7.50. The average molecular weight is 373 g/mol. The zero-order valence-corrected chi connectivity index (χ0v) is 15.3. The highest BCUT2D eigenvalue weighted by molar-refractivity contribution is 5.74. The van der Waals surface area contributed by atoms with Crippen molar-refractivity contribution in [1.29, 1.82) is 0 Å². The van der Waals surface area contributed by atoms with Gasteiger partial charge in [0, 0.05) is 48.4 Å². The van der Waals surface area contributed by atoms with Gasteiger partial charge >= 0.3 is 6.03 Å². The van der Waals surface area contributed by atoms with Gasteiger partial charge in [0.1, 0.15) is 11.6 Å². The number of halogens is 1. The predicted octanol–water partition coefficient (Wildman–Crippen LogP) is 3.32. The summed E-state index contributed by atoms with van der Waals surface area (Å²) in [4.78, 5) is 14.2. The highest BCUT2D eigenvalue weighted by Gasteiger charge is 2.41. The summed E-state index contributed by atoms with van der Waals surface area (Å²) in [5.41, 5.74) is 2.10. The number of nitrogens with zero attached hydrogens (tertiary/aromatic N) is 1. The maximum atomic E-state index is 13.4. The van der Waals surface area contributed by atoms with Crippen molar-refractivity contribution in [2.75, 3.05) is 18.4 Å². The number of aliphatic hydroxyl groups is 1. The van der Waals surface area contributed by atoms with Crippen LogP contribution in [-0.2, 0) is 6.54 Å². The molecule has 0 saturated carbocycles. The third-order valence-electron chi connectivity index (χ3n) is 5.76. The minimum absolute atomic E-state index is 0.0933. The molecule has 0 aliphatic carbocycles. The Hall–Kier alpha value is -2.54. The standard InChI is InChI=1S/C20H24FN3O3/c1-13-14(4-9-27-13)12-22-19(26)24-7-5-20(6-8-24)11-18(25)16-10-15(21)2-3-17(16)23-20/h2-4,9-10,18,23,25H,5-8,11-12H2,1H3,(H,22,26)/t18-/m1/s1. The number of hydrogen-bond donors (Lipinski definition) is 3. The molecule has 1 saturated heterocycles. The predicted molar refractivity (Wildman–Crippen MR) is 98.8 cm³/mol. The minimum Gasteiger partial charge on any atom is -0.469 e. The monoisotopic (exact) mass is 373 g/mol. The van der Waals surface area contributed by atoms with Gasteiger partial charge in [-0.05, 0) is 44.0 Å². The van der Waals surface area contributed by atoms with Gasteiger partial charge in [-0.2, -0.15) is 0 Å². The SMILES string of the molecule is Cc1occc1CNC(=O)N1CCC2(CC1)C[C@@H](O)c1cc(F)ccc1N2. The molecule has 0 unspecified atom stereocenters. The summed E-state index contributed by atoms with van der Waals surface area (Å²) in [5, 5.41) is 16.9. The summed E-state index contributed by atoms with van der Waals surface area (Å²) in [6.45, 7) is 3.52. The molecule has 3 heterocycles. The van der Waals surface area contributed by atoms with E-state index in [-0.39, 0.29) is 17.4 Å². The summed E-state index contributed by atoms with van der Waals surface area (Å²) in [6, 6.07) is 6.23. The first-order valence-corrected chi connectivity index (χ1v) is 9.27. The van der Waals surface area contributed by atoms with Gasteiger partial charge in [-0.1, -0.05) is 0 Å². The molecule has 4 rings (SSSR count). The number of aryl methyl sites for hydroxylation is 1. The molecule has 144 valence electrons. The second-order valence-electron chi connectivity index (χ2n) is 7.50. The molecule has 2 amide bonds. The van der Waals surface area contributed by atoms with Crippen LogP contribution in [-0.4, -0.2) is 34.7 Å². The number of likely N-dealkylation sites (tertiary alicyclic amines) is 1. The van der Waals surface area contributed by atoms with E-state index in [1.54, 1.807) is 17.2 Å². The molecule has 1 aromatic heterocycles. The van der Waals surface area contributed by atoms with Crippen molar-refractivity contribution in [1.82, 2.24) is 10.2 Å². The van der Waals surface area contributed by atoms with Crippen LogP contribution in [0.3, 0.4) is 0 Å². The summed E-state index contributed by atoms with van der Waals surface area (Å²) < 4.78 is 18.7. The van der Waals surface area contributed by atoms with E-state index in [1.165, 1.54) is 12.1 Å². The summed E-state index contributed by atoms with van der Waals surface area (Å²) >= 11 is 0. The number of urea groups is 1. The van der Waals surface area contributed by atoms with Crippen LogP contribution in [0.5, 0.6) is 0 Å². The number of fused-ring (bicyclic) bond motifs is 1. The Bertz CT molecular complexity index is 843. The number of amides is 2. The number of piperidine rings is 1. The van der Waals surface area contributed by atoms with Gasteiger partial charge in [-0.15, -0.1) is 0 Å². The van der Waals surface area contributed by atoms with Crippen molar-refractivity contribution in [2.45, 2.75) is 44.4 Å². The molecule has 1 fully saturated rings. The topological polar surface area (TPSA) is 77.7 Å². The molecule has 2 aliphatic heterocycles. The summed E-state index contributed by atoms with van der Waals surface area (Å²) in [5.74, 6) is 0.466. The first kappa shape index (κ1) is 17.9. The van der Waals surface area contributed by atoms with Gasteiger partial charge in [-0.3, -0.25) is 0 Å². The van der Waals surface area contributed by atoms with E-state index in [0.29, 0.717) is 31.6 Å². The quantitative estimate of drug-likeness (QED) is 0.755. The van der Waals surface area contributed by atoms with Crippen LogP contribution in [0.15, 0.2) is 34.9 Å². The van der Waals surface area contributed by atoms with Gasteiger partial charge in [0.2, 0.25) is 0 Å². The highest BCUT2D eigenvalue weighted by Crippen LogP contribution is 2.42. The molecule has 1 spiro atoms. The summed E-state index contributed by atoms with van der Waals surface area (Å²) in [7, 11) is 0. The van der Waals surface area contributed by atoms with E-state index in [2.05, 4.69) is 10.6 Å². The number of rotatable bonds is 2. The van der Waals surface area contributed by atoms with Crippen molar-refractivity contribution in [3.8, 4) is 0 Å². The Kier molecular flexibility index (Phi) is 4.55. The number of carbonyl (C=O) groups excluding carboxylic acids is 1. The molecule has 6 nitrogen and oxygen atoms in total. The molecule has 2 aromatic rings. The van der Waals surface area contributed by atoms with Crippen LogP contribution in [0, 0.1) is 12.7 Å². The normalized spacial score (nSPS) is 20.9. The lowest BCUT2D eigenvalue weighted by Gasteiger charge is -2.47. The fourth-order valence-electron chi connectivity index (χ4n) is 4.08. The van der Waals surface area contributed by atoms with E-state index in [0.717, 1.165) is 29.9 Å². The molecule has 0 bridgehead atoms. The van der Waals surface area contributed by atoms with Gasteiger partial charge in [0.25, 0.3) is 0 Å². The fourth-order valence-corrected chi connectivity index (χ4v) is 4.08. The molecular formula is C20H24FN3O3. The van der Waals surface area contributed by atoms with Crippen molar-refractivity contribution < 1.29 is 18.7 Å². The molecule has 2 aliphatic rings. The first-order chi connectivity index (χ1) is 13.0. The largest absolute Gasteiger partial charge is 0.469 e. The third kappa shape index (κ3) is 3.51. The Morgan fingerprint density at radius 2 is 2.19 bits per heavy atom. The summed E-state index contributed by atoms with van der Waals surface area (Å²) in [6.07, 6.45) is 2.91. The Balaban J connectivity index is 1.36. The maximum Gasteiger partial charge on any atom is 0.317 e. The van der Waals surface area contributed by atoms with Crippen molar-refractivity contribution in [3.63, 3.8) is 0 Å². The molecule has 27 heavy (non-hydrogen) atoms. The zero-order chi connectivity index (χ0) is 19.0. The van der Waals surface area contributed by atoms with Crippen LogP contribution in [0.1, 0.15) is 42.3 Å². The molecular weight excluding hydrogens is 349 g/mol. The molecule has 7 heteroatoms.